The van der Waals surface area contributed by atoms with Crippen LogP contribution in [0, 0.1) is 16.0 Å². The van der Waals surface area contributed by atoms with Gasteiger partial charge in [0.2, 0.25) is 0 Å². The largest absolute Gasteiger partial charge is 0.350 e. The first kappa shape index (κ1) is 14.5. The van der Waals surface area contributed by atoms with Gasteiger partial charge in [-0.1, -0.05) is 0 Å². The molecular weight excluding hydrogens is 260 g/mol. The Hall–Kier alpha value is -1.89. The van der Waals surface area contributed by atoms with Gasteiger partial charge in [-0.15, -0.1) is 0 Å². The number of aryl methyl sites for hydroxylation is 1. The van der Waals surface area contributed by atoms with Crippen LogP contribution in [0.3, 0.4) is 0 Å². The van der Waals surface area contributed by atoms with Crippen molar-refractivity contribution in [2.75, 3.05) is 19.6 Å². The molecule has 0 spiro atoms. The third-order valence-corrected chi connectivity index (χ3v) is 3.68. The fourth-order valence-electron chi connectivity index (χ4n) is 2.46. The van der Waals surface area contributed by atoms with E-state index in [2.05, 4.69) is 10.6 Å². The van der Waals surface area contributed by atoms with E-state index in [0.29, 0.717) is 24.7 Å². The smallest absolute Gasteiger partial charge is 0.287 e. The van der Waals surface area contributed by atoms with E-state index in [-0.39, 0.29) is 11.6 Å². The summed E-state index contributed by atoms with van der Waals surface area (Å²) in [6.45, 7) is 4.98. The van der Waals surface area contributed by atoms with E-state index < -0.39 is 4.92 Å². The normalized spacial score (nSPS) is 16.1. The van der Waals surface area contributed by atoms with Crippen LogP contribution in [-0.2, 0) is 6.54 Å². The second-order valence-corrected chi connectivity index (χ2v) is 5.03. The number of carbonyl (C=O) groups excluding carboxylic acids is 1. The maximum absolute atomic E-state index is 12.1. The molecule has 0 aromatic carbocycles. The predicted octanol–water partition coefficient (Wildman–Crippen LogP) is 1.15. The third-order valence-electron chi connectivity index (χ3n) is 3.68. The number of aromatic nitrogens is 1. The minimum absolute atomic E-state index is 0.0427. The molecule has 0 saturated carbocycles. The highest BCUT2D eigenvalue weighted by molar-refractivity contribution is 5.93. The lowest BCUT2D eigenvalue weighted by Gasteiger charge is -2.22. The first-order valence-corrected chi connectivity index (χ1v) is 6.95. The summed E-state index contributed by atoms with van der Waals surface area (Å²) in [7, 11) is 0. The summed E-state index contributed by atoms with van der Waals surface area (Å²) in [4.78, 5) is 22.4. The fraction of sp³-hybridized carbons (Fsp3) is 0.615. The Labute approximate surface area is 117 Å². The average Bonchev–Trinajstić information content (AvgIpc) is 2.90. The van der Waals surface area contributed by atoms with E-state index in [1.165, 1.54) is 12.3 Å². The van der Waals surface area contributed by atoms with Crippen molar-refractivity contribution in [2.45, 2.75) is 26.3 Å². The molecule has 2 rings (SSSR count). The van der Waals surface area contributed by atoms with Crippen molar-refractivity contribution < 1.29 is 9.72 Å². The number of hydrogen-bond donors (Lipinski definition) is 2. The van der Waals surface area contributed by atoms with Gasteiger partial charge in [0.1, 0.15) is 5.69 Å². The number of rotatable bonds is 5. The Morgan fingerprint density at radius 2 is 2.25 bits per heavy atom. The van der Waals surface area contributed by atoms with E-state index in [0.717, 1.165) is 25.9 Å². The van der Waals surface area contributed by atoms with Crippen molar-refractivity contribution in [3.8, 4) is 0 Å². The molecule has 2 heterocycles. The monoisotopic (exact) mass is 280 g/mol. The minimum Gasteiger partial charge on any atom is -0.350 e. The van der Waals surface area contributed by atoms with Crippen LogP contribution in [0.15, 0.2) is 12.3 Å². The Morgan fingerprint density at radius 3 is 2.85 bits per heavy atom. The topological polar surface area (TPSA) is 89.2 Å². The van der Waals surface area contributed by atoms with Crippen molar-refractivity contribution in [1.82, 2.24) is 15.2 Å². The summed E-state index contributed by atoms with van der Waals surface area (Å²) < 4.78 is 1.61. The van der Waals surface area contributed by atoms with Crippen LogP contribution in [0.25, 0.3) is 0 Å². The molecule has 1 fully saturated rings. The van der Waals surface area contributed by atoms with Crippen LogP contribution in [0.4, 0.5) is 5.69 Å². The highest BCUT2D eigenvalue weighted by Gasteiger charge is 2.20. The van der Waals surface area contributed by atoms with Crippen LogP contribution in [-0.4, -0.2) is 35.0 Å². The second-order valence-electron chi connectivity index (χ2n) is 5.03. The summed E-state index contributed by atoms with van der Waals surface area (Å²) in [6.07, 6.45) is 3.50. The van der Waals surface area contributed by atoms with Gasteiger partial charge in [0.05, 0.1) is 11.1 Å². The molecule has 1 aliphatic heterocycles. The van der Waals surface area contributed by atoms with E-state index in [9.17, 15) is 14.9 Å². The van der Waals surface area contributed by atoms with Gasteiger partial charge in [-0.05, 0) is 38.8 Å². The lowest BCUT2D eigenvalue weighted by atomic mass is 9.98. The number of amides is 1. The Bertz CT molecular complexity index is 492. The molecule has 0 atom stereocenters. The van der Waals surface area contributed by atoms with Gasteiger partial charge in [0, 0.05) is 19.2 Å². The quantitative estimate of drug-likeness (QED) is 0.625. The summed E-state index contributed by atoms with van der Waals surface area (Å²) in [6, 6.07) is 1.33. The fourth-order valence-corrected chi connectivity index (χ4v) is 2.46. The van der Waals surface area contributed by atoms with Crippen LogP contribution in [0.5, 0.6) is 0 Å². The Balaban J connectivity index is 1.99. The number of nitro groups is 1. The van der Waals surface area contributed by atoms with Crippen LogP contribution >= 0.6 is 0 Å². The molecule has 0 unspecified atom stereocenters. The van der Waals surface area contributed by atoms with Gasteiger partial charge >= 0.3 is 0 Å². The molecule has 1 aliphatic rings. The van der Waals surface area contributed by atoms with Gasteiger partial charge in [-0.3, -0.25) is 14.9 Å². The average molecular weight is 280 g/mol. The molecule has 1 saturated heterocycles. The molecule has 110 valence electrons. The lowest BCUT2D eigenvalue weighted by molar-refractivity contribution is -0.384. The maximum atomic E-state index is 12.1. The predicted molar refractivity (Wildman–Crippen MR) is 74.7 cm³/mol. The Kier molecular flexibility index (Phi) is 4.73. The highest BCUT2D eigenvalue weighted by atomic mass is 16.6. The molecule has 0 bridgehead atoms. The molecule has 1 aromatic heterocycles. The van der Waals surface area contributed by atoms with Crippen LogP contribution in [0.1, 0.15) is 30.3 Å². The number of carbonyl (C=O) groups is 1. The molecular formula is C13H20N4O3. The SMILES string of the molecule is CCn1cc([N+](=O)[O-])cc1C(=O)NCC1CCNCC1. The molecule has 20 heavy (non-hydrogen) atoms. The molecule has 0 aliphatic carbocycles. The highest BCUT2D eigenvalue weighted by Crippen LogP contribution is 2.17. The zero-order chi connectivity index (χ0) is 14.5. The molecule has 2 N–H and O–H groups in total. The molecule has 0 radical (unpaired) electrons. The van der Waals surface area contributed by atoms with Gasteiger partial charge in [-0.25, -0.2) is 0 Å². The van der Waals surface area contributed by atoms with Gasteiger partial charge in [-0.2, -0.15) is 0 Å². The van der Waals surface area contributed by atoms with Gasteiger partial charge in [0.15, 0.2) is 0 Å². The molecule has 7 nitrogen and oxygen atoms in total. The standard InChI is InChI=1S/C13H20N4O3/c1-2-16-9-11(17(19)20)7-12(16)13(18)15-8-10-3-5-14-6-4-10/h7,9-10,14H,2-6,8H2,1H3,(H,15,18). The van der Waals surface area contributed by atoms with E-state index in [4.69, 9.17) is 0 Å². The second kappa shape index (κ2) is 6.51. The van der Waals surface area contributed by atoms with Crippen molar-refractivity contribution in [1.29, 1.82) is 0 Å². The minimum atomic E-state index is -0.476. The van der Waals surface area contributed by atoms with E-state index in [1.807, 2.05) is 6.92 Å². The van der Waals surface area contributed by atoms with Crippen molar-refractivity contribution >= 4 is 11.6 Å². The van der Waals surface area contributed by atoms with Gasteiger partial charge in [0.25, 0.3) is 11.6 Å². The lowest BCUT2D eigenvalue weighted by Crippen LogP contribution is -2.36. The first-order valence-electron chi connectivity index (χ1n) is 6.95. The molecule has 1 aromatic rings. The van der Waals surface area contributed by atoms with Gasteiger partial charge < -0.3 is 15.2 Å². The van der Waals surface area contributed by atoms with Crippen molar-refractivity contribution in [3.05, 3.63) is 28.1 Å². The van der Waals surface area contributed by atoms with E-state index in [1.54, 1.807) is 4.57 Å². The zero-order valence-electron chi connectivity index (χ0n) is 11.6. The number of nitrogens with one attached hydrogen (secondary N) is 2. The summed E-state index contributed by atoms with van der Waals surface area (Å²) in [5.74, 6) is 0.249. The Morgan fingerprint density at radius 1 is 1.55 bits per heavy atom. The van der Waals surface area contributed by atoms with Crippen molar-refractivity contribution in [3.63, 3.8) is 0 Å². The summed E-state index contributed by atoms with van der Waals surface area (Å²) >= 11 is 0. The zero-order valence-corrected chi connectivity index (χ0v) is 11.6. The number of hydrogen-bond acceptors (Lipinski definition) is 4. The third kappa shape index (κ3) is 3.36. The van der Waals surface area contributed by atoms with Crippen LogP contribution in [0.2, 0.25) is 0 Å². The first-order chi connectivity index (χ1) is 9.61. The molecule has 1 amide bonds. The van der Waals surface area contributed by atoms with Crippen molar-refractivity contribution in [2.24, 2.45) is 5.92 Å². The van der Waals surface area contributed by atoms with Crippen LogP contribution < -0.4 is 10.6 Å². The number of piperidine rings is 1. The summed E-state index contributed by atoms with van der Waals surface area (Å²) in [5, 5.41) is 16.9. The molecule has 7 heteroatoms. The number of nitrogens with zero attached hydrogens (tertiary/aromatic N) is 2. The van der Waals surface area contributed by atoms with E-state index >= 15 is 0 Å². The summed E-state index contributed by atoms with van der Waals surface area (Å²) in [5.41, 5.74) is 0.312. The maximum Gasteiger partial charge on any atom is 0.287 e.